The fourth-order valence-corrected chi connectivity index (χ4v) is 2.60. The average Bonchev–Trinajstić information content (AvgIpc) is 2.51. The van der Waals surface area contributed by atoms with E-state index in [0.29, 0.717) is 10.9 Å². The van der Waals surface area contributed by atoms with Crippen LogP contribution in [-0.4, -0.2) is 19.5 Å². The highest BCUT2D eigenvalue weighted by molar-refractivity contribution is 5.75. The van der Waals surface area contributed by atoms with Gasteiger partial charge in [0.25, 0.3) is 5.56 Å². The molecule has 0 saturated heterocycles. The molecule has 0 bridgehead atoms. The first-order chi connectivity index (χ1) is 10.2. The van der Waals surface area contributed by atoms with E-state index in [1.54, 1.807) is 41.7 Å². The molecular weight excluding hydrogens is 264 g/mol. The molecule has 106 valence electrons. The number of pyridine rings is 2. The summed E-state index contributed by atoms with van der Waals surface area (Å²) in [6.45, 7) is 4.17. The van der Waals surface area contributed by atoms with Gasteiger partial charge in [-0.05, 0) is 23.6 Å². The molecule has 5 nitrogen and oxygen atoms in total. The van der Waals surface area contributed by atoms with Crippen LogP contribution in [0.5, 0.6) is 0 Å². The molecule has 3 aromatic heterocycles. The van der Waals surface area contributed by atoms with Crippen LogP contribution in [0.1, 0.15) is 25.5 Å². The van der Waals surface area contributed by atoms with E-state index < -0.39 is 0 Å². The van der Waals surface area contributed by atoms with Crippen LogP contribution in [0.25, 0.3) is 10.9 Å². The second kappa shape index (κ2) is 5.44. The van der Waals surface area contributed by atoms with Crippen molar-refractivity contribution in [1.29, 1.82) is 0 Å². The third-order valence-corrected chi connectivity index (χ3v) is 3.54. The average molecular weight is 280 g/mol. The summed E-state index contributed by atoms with van der Waals surface area (Å²) < 4.78 is 1.68. The Labute approximate surface area is 122 Å². The topological polar surface area (TPSA) is 60.7 Å². The second-order valence-corrected chi connectivity index (χ2v) is 5.33. The Kier molecular flexibility index (Phi) is 3.48. The molecule has 0 N–H and O–H groups in total. The maximum atomic E-state index is 12.7. The van der Waals surface area contributed by atoms with Crippen molar-refractivity contribution in [1.82, 2.24) is 19.5 Å². The number of aromatic nitrogens is 4. The molecule has 0 radical (unpaired) electrons. The minimum atomic E-state index is -0.0868. The lowest BCUT2D eigenvalue weighted by atomic mass is 9.97. The molecule has 5 heteroatoms. The van der Waals surface area contributed by atoms with E-state index in [2.05, 4.69) is 28.8 Å². The number of nitrogens with zero attached hydrogens (tertiary/aromatic N) is 4. The fourth-order valence-electron chi connectivity index (χ4n) is 2.60. The van der Waals surface area contributed by atoms with Gasteiger partial charge in [0.05, 0.1) is 29.5 Å². The van der Waals surface area contributed by atoms with Crippen molar-refractivity contribution in [2.75, 3.05) is 0 Å². The third kappa shape index (κ3) is 2.42. The smallest absolute Gasteiger partial charge is 0.261 e. The summed E-state index contributed by atoms with van der Waals surface area (Å²) in [7, 11) is 0. The Balaban J connectivity index is 2.21. The minimum Gasteiger partial charge on any atom is -0.291 e. The summed E-state index contributed by atoms with van der Waals surface area (Å²) in [4.78, 5) is 25.2. The summed E-state index contributed by atoms with van der Waals surface area (Å²) in [6, 6.07) is 5.49. The number of hydrogen-bond acceptors (Lipinski definition) is 4. The van der Waals surface area contributed by atoms with Crippen LogP contribution in [0.15, 0.2) is 54.1 Å². The lowest BCUT2D eigenvalue weighted by Gasteiger charge is -2.23. The monoisotopic (exact) mass is 280 g/mol. The first-order valence-corrected chi connectivity index (χ1v) is 6.89. The SMILES string of the molecule is CC(C)[C@H](c1cccnc1)n1cnc2cnccc2c1=O. The molecule has 3 rings (SSSR count). The molecule has 0 unspecified atom stereocenters. The molecule has 0 aliphatic carbocycles. The summed E-state index contributed by atoms with van der Waals surface area (Å²) in [6.07, 6.45) is 8.35. The van der Waals surface area contributed by atoms with Crippen molar-refractivity contribution in [3.63, 3.8) is 0 Å². The Morgan fingerprint density at radius 3 is 2.62 bits per heavy atom. The molecule has 0 amide bonds. The van der Waals surface area contributed by atoms with E-state index >= 15 is 0 Å². The summed E-state index contributed by atoms with van der Waals surface area (Å²) in [5, 5.41) is 0.585. The van der Waals surface area contributed by atoms with E-state index in [4.69, 9.17) is 0 Å². The van der Waals surface area contributed by atoms with Crippen LogP contribution in [0.4, 0.5) is 0 Å². The van der Waals surface area contributed by atoms with E-state index in [1.165, 1.54) is 0 Å². The van der Waals surface area contributed by atoms with Crippen molar-refractivity contribution in [3.05, 3.63) is 65.2 Å². The summed E-state index contributed by atoms with van der Waals surface area (Å²) in [5.41, 5.74) is 1.57. The number of hydrogen-bond donors (Lipinski definition) is 0. The largest absolute Gasteiger partial charge is 0.291 e. The van der Waals surface area contributed by atoms with Gasteiger partial charge in [0.1, 0.15) is 0 Å². The number of rotatable bonds is 3. The molecule has 0 aliphatic rings. The highest BCUT2D eigenvalue weighted by Gasteiger charge is 2.20. The molecular formula is C16H16N4O. The van der Waals surface area contributed by atoms with Gasteiger partial charge in [-0.1, -0.05) is 19.9 Å². The van der Waals surface area contributed by atoms with Gasteiger partial charge in [-0.15, -0.1) is 0 Å². The third-order valence-electron chi connectivity index (χ3n) is 3.54. The Morgan fingerprint density at radius 2 is 1.90 bits per heavy atom. The summed E-state index contributed by atoms with van der Waals surface area (Å²) in [5.74, 6) is 0.244. The lowest BCUT2D eigenvalue weighted by molar-refractivity contribution is 0.423. The lowest BCUT2D eigenvalue weighted by Crippen LogP contribution is -2.29. The van der Waals surface area contributed by atoms with Gasteiger partial charge in [-0.2, -0.15) is 0 Å². The van der Waals surface area contributed by atoms with Gasteiger partial charge in [-0.3, -0.25) is 19.3 Å². The Hall–Kier alpha value is -2.56. The normalized spacial score (nSPS) is 12.7. The van der Waals surface area contributed by atoms with E-state index in [9.17, 15) is 4.79 Å². The quantitative estimate of drug-likeness (QED) is 0.739. The first kappa shape index (κ1) is 13.4. The van der Waals surface area contributed by atoms with Crippen LogP contribution < -0.4 is 5.56 Å². The molecule has 3 heterocycles. The molecule has 0 fully saturated rings. The molecule has 3 aromatic rings. The van der Waals surface area contributed by atoms with Gasteiger partial charge >= 0.3 is 0 Å². The predicted molar refractivity (Wildman–Crippen MR) is 81.0 cm³/mol. The molecule has 21 heavy (non-hydrogen) atoms. The Morgan fingerprint density at radius 1 is 1.10 bits per heavy atom. The standard InChI is InChI=1S/C16H16N4O/c1-11(2)15(12-4-3-6-17-8-12)20-10-19-14-9-18-7-5-13(14)16(20)21/h3-11,15H,1-2H3/t15-/m1/s1. The van der Waals surface area contributed by atoms with Crippen LogP contribution in [0.2, 0.25) is 0 Å². The van der Waals surface area contributed by atoms with E-state index in [-0.39, 0.29) is 17.5 Å². The van der Waals surface area contributed by atoms with Crippen molar-refractivity contribution in [3.8, 4) is 0 Å². The Bertz CT molecular complexity index is 811. The van der Waals surface area contributed by atoms with E-state index in [0.717, 1.165) is 5.56 Å². The molecule has 0 aliphatic heterocycles. The maximum Gasteiger partial charge on any atom is 0.261 e. The van der Waals surface area contributed by atoms with Gasteiger partial charge in [0.2, 0.25) is 0 Å². The van der Waals surface area contributed by atoms with Crippen LogP contribution in [-0.2, 0) is 0 Å². The molecule has 1 atom stereocenters. The van der Waals surface area contributed by atoms with Gasteiger partial charge in [-0.25, -0.2) is 4.98 Å². The first-order valence-electron chi connectivity index (χ1n) is 6.89. The zero-order valence-corrected chi connectivity index (χ0v) is 12.0. The fraction of sp³-hybridized carbons (Fsp3) is 0.250. The zero-order chi connectivity index (χ0) is 14.8. The van der Waals surface area contributed by atoms with Crippen molar-refractivity contribution in [2.45, 2.75) is 19.9 Å². The van der Waals surface area contributed by atoms with Crippen LogP contribution >= 0.6 is 0 Å². The highest BCUT2D eigenvalue weighted by atomic mass is 16.1. The summed E-state index contributed by atoms with van der Waals surface area (Å²) >= 11 is 0. The van der Waals surface area contributed by atoms with Crippen LogP contribution in [0, 0.1) is 5.92 Å². The van der Waals surface area contributed by atoms with Gasteiger partial charge in [0.15, 0.2) is 0 Å². The van der Waals surface area contributed by atoms with Gasteiger partial charge in [0, 0.05) is 18.6 Å². The highest BCUT2D eigenvalue weighted by Crippen LogP contribution is 2.24. The van der Waals surface area contributed by atoms with Crippen molar-refractivity contribution < 1.29 is 0 Å². The molecule has 0 aromatic carbocycles. The van der Waals surface area contributed by atoms with E-state index in [1.807, 2.05) is 12.1 Å². The zero-order valence-electron chi connectivity index (χ0n) is 12.0. The predicted octanol–water partition coefficient (Wildman–Crippen LogP) is 2.43. The van der Waals surface area contributed by atoms with Crippen molar-refractivity contribution in [2.24, 2.45) is 5.92 Å². The minimum absolute atomic E-state index is 0.0510. The number of fused-ring (bicyclic) bond motifs is 1. The van der Waals surface area contributed by atoms with Crippen LogP contribution in [0.3, 0.4) is 0 Å². The maximum absolute atomic E-state index is 12.7. The second-order valence-electron chi connectivity index (χ2n) is 5.33. The molecule has 0 saturated carbocycles. The van der Waals surface area contributed by atoms with Crippen molar-refractivity contribution >= 4 is 10.9 Å². The molecule has 0 spiro atoms. The van der Waals surface area contributed by atoms with Gasteiger partial charge < -0.3 is 0 Å².